The van der Waals surface area contributed by atoms with Crippen LogP contribution in [0.5, 0.6) is 0 Å². The van der Waals surface area contributed by atoms with Gasteiger partial charge in [-0.05, 0) is 19.1 Å². The monoisotopic (exact) mass is 207 g/mol. The van der Waals surface area contributed by atoms with Crippen molar-refractivity contribution < 1.29 is 9.59 Å². The Morgan fingerprint density at radius 2 is 2.07 bits per heavy atom. The fourth-order valence-electron chi connectivity index (χ4n) is 1.13. The summed E-state index contributed by atoms with van der Waals surface area (Å²) in [6.07, 6.45) is 0. The first-order valence-electron chi connectivity index (χ1n) is 4.43. The predicted octanol–water partition coefficient (Wildman–Crippen LogP) is -0.208. The number of aryl methyl sites for hydroxylation is 1. The van der Waals surface area contributed by atoms with Gasteiger partial charge in [-0.2, -0.15) is 0 Å². The van der Waals surface area contributed by atoms with Crippen molar-refractivity contribution in [2.75, 3.05) is 12.3 Å². The van der Waals surface area contributed by atoms with Gasteiger partial charge in [0.15, 0.2) is 0 Å². The molecule has 0 heterocycles. The summed E-state index contributed by atoms with van der Waals surface area (Å²) in [6, 6.07) is 5.11. The van der Waals surface area contributed by atoms with E-state index in [-0.39, 0.29) is 6.54 Å². The molecule has 80 valence electrons. The third-order valence-electron chi connectivity index (χ3n) is 1.88. The third kappa shape index (κ3) is 2.98. The molecule has 0 saturated heterocycles. The van der Waals surface area contributed by atoms with Crippen molar-refractivity contribution in [3.63, 3.8) is 0 Å². The number of carbonyl (C=O) groups is 2. The highest BCUT2D eigenvalue weighted by Gasteiger charge is 2.09. The zero-order valence-corrected chi connectivity index (χ0v) is 8.41. The van der Waals surface area contributed by atoms with Crippen molar-refractivity contribution in [1.82, 2.24) is 5.32 Å². The molecule has 0 fully saturated rings. The molecule has 1 aromatic rings. The van der Waals surface area contributed by atoms with Crippen LogP contribution >= 0.6 is 0 Å². The molecule has 0 aliphatic carbocycles. The van der Waals surface area contributed by atoms with Crippen molar-refractivity contribution in [1.29, 1.82) is 0 Å². The molecule has 0 spiro atoms. The van der Waals surface area contributed by atoms with E-state index in [0.717, 1.165) is 5.56 Å². The number of rotatable bonds is 3. The highest BCUT2D eigenvalue weighted by molar-refractivity contribution is 6.00. The van der Waals surface area contributed by atoms with Crippen LogP contribution < -0.4 is 16.8 Å². The van der Waals surface area contributed by atoms with Crippen LogP contribution in [-0.4, -0.2) is 18.4 Å². The molecule has 2 amide bonds. The molecule has 1 aromatic carbocycles. The van der Waals surface area contributed by atoms with E-state index in [1.807, 2.05) is 6.92 Å². The number of anilines is 1. The first-order valence-corrected chi connectivity index (χ1v) is 4.43. The molecule has 0 aliphatic heterocycles. The minimum absolute atomic E-state index is 0.188. The van der Waals surface area contributed by atoms with E-state index < -0.39 is 11.8 Å². The summed E-state index contributed by atoms with van der Waals surface area (Å²) >= 11 is 0. The van der Waals surface area contributed by atoms with Crippen LogP contribution in [-0.2, 0) is 4.79 Å². The third-order valence-corrected chi connectivity index (χ3v) is 1.88. The van der Waals surface area contributed by atoms with Gasteiger partial charge in [0.2, 0.25) is 5.91 Å². The van der Waals surface area contributed by atoms with Gasteiger partial charge in [0, 0.05) is 5.69 Å². The summed E-state index contributed by atoms with van der Waals surface area (Å²) in [5.41, 5.74) is 12.2. The standard InChI is InChI=1S/C10H13N3O2/c1-6-2-3-8(11)7(4-6)10(15)13-5-9(12)14/h2-4H,5,11H2,1H3,(H2,12,14)(H,13,15). The van der Waals surface area contributed by atoms with Crippen LogP contribution in [0.25, 0.3) is 0 Å². The van der Waals surface area contributed by atoms with E-state index in [1.165, 1.54) is 0 Å². The Morgan fingerprint density at radius 3 is 2.67 bits per heavy atom. The number of nitrogens with two attached hydrogens (primary N) is 2. The fourth-order valence-corrected chi connectivity index (χ4v) is 1.13. The van der Waals surface area contributed by atoms with Crippen molar-refractivity contribution in [3.8, 4) is 0 Å². The Kier molecular flexibility index (Phi) is 3.28. The number of amides is 2. The van der Waals surface area contributed by atoms with Gasteiger partial charge in [0.05, 0.1) is 12.1 Å². The van der Waals surface area contributed by atoms with E-state index in [9.17, 15) is 9.59 Å². The maximum atomic E-state index is 11.5. The molecule has 0 aromatic heterocycles. The highest BCUT2D eigenvalue weighted by Crippen LogP contribution is 2.13. The summed E-state index contributed by atoms with van der Waals surface area (Å²) in [7, 11) is 0. The Balaban J connectivity index is 2.81. The molecular weight excluding hydrogens is 194 g/mol. The number of hydrogen-bond donors (Lipinski definition) is 3. The molecule has 5 heteroatoms. The van der Waals surface area contributed by atoms with Gasteiger partial charge in [0.1, 0.15) is 0 Å². The zero-order valence-electron chi connectivity index (χ0n) is 8.41. The minimum atomic E-state index is -0.588. The molecule has 0 bridgehead atoms. The maximum absolute atomic E-state index is 11.5. The van der Waals surface area contributed by atoms with Crippen molar-refractivity contribution in [3.05, 3.63) is 29.3 Å². The summed E-state index contributed by atoms with van der Waals surface area (Å²) in [5, 5.41) is 2.37. The lowest BCUT2D eigenvalue weighted by Crippen LogP contribution is -2.33. The topological polar surface area (TPSA) is 98.2 Å². The fraction of sp³-hybridized carbons (Fsp3) is 0.200. The summed E-state index contributed by atoms with van der Waals surface area (Å²) < 4.78 is 0. The quantitative estimate of drug-likeness (QED) is 0.598. The lowest BCUT2D eigenvalue weighted by molar-refractivity contribution is -0.117. The van der Waals surface area contributed by atoms with Gasteiger partial charge >= 0.3 is 0 Å². The Labute approximate surface area is 87.4 Å². The number of hydrogen-bond acceptors (Lipinski definition) is 3. The predicted molar refractivity (Wildman–Crippen MR) is 57.1 cm³/mol. The van der Waals surface area contributed by atoms with E-state index >= 15 is 0 Å². The van der Waals surface area contributed by atoms with Crippen molar-refractivity contribution >= 4 is 17.5 Å². The zero-order chi connectivity index (χ0) is 11.4. The molecule has 5 nitrogen and oxygen atoms in total. The van der Waals surface area contributed by atoms with Gasteiger partial charge in [-0.1, -0.05) is 11.6 Å². The van der Waals surface area contributed by atoms with Crippen LogP contribution in [0, 0.1) is 6.92 Å². The van der Waals surface area contributed by atoms with E-state index in [2.05, 4.69) is 5.32 Å². The van der Waals surface area contributed by atoms with Crippen LogP contribution in [0.4, 0.5) is 5.69 Å². The average Bonchev–Trinajstić information content (AvgIpc) is 2.18. The van der Waals surface area contributed by atoms with Gasteiger partial charge in [-0.3, -0.25) is 9.59 Å². The largest absolute Gasteiger partial charge is 0.398 e. The van der Waals surface area contributed by atoms with Gasteiger partial charge in [0.25, 0.3) is 5.91 Å². The minimum Gasteiger partial charge on any atom is -0.398 e. The number of benzene rings is 1. The molecule has 5 N–H and O–H groups in total. The lowest BCUT2D eigenvalue weighted by atomic mass is 10.1. The summed E-state index contributed by atoms with van der Waals surface area (Å²) in [5.74, 6) is -0.982. The lowest BCUT2D eigenvalue weighted by Gasteiger charge is -2.06. The van der Waals surface area contributed by atoms with Crippen molar-refractivity contribution in [2.24, 2.45) is 5.73 Å². The van der Waals surface area contributed by atoms with Crippen LogP contribution in [0.3, 0.4) is 0 Å². The Morgan fingerprint density at radius 1 is 1.40 bits per heavy atom. The first kappa shape index (κ1) is 11.0. The smallest absolute Gasteiger partial charge is 0.253 e. The van der Waals surface area contributed by atoms with E-state index in [4.69, 9.17) is 11.5 Å². The van der Waals surface area contributed by atoms with Gasteiger partial charge in [-0.25, -0.2) is 0 Å². The van der Waals surface area contributed by atoms with Gasteiger partial charge in [-0.15, -0.1) is 0 Å². The molecule has 0 aliphatic rings. The Bertz CT molecular complexity index is 402. The summed E-state index contributed by atoms with van der Waals surface area (Å²) in [6.45, 7) is 1.66. The molecule has 0 saturated carbocycles. The molecule has 0 unspecified atom stereocenters. The normalized spacial score (nSPS) is 9.67. The number of nitrogen functional groups attached to an aromatic ring is 1. The summed E-state index contributed by atoms with van der Waals surface area (Å²) in [4.78, 5) is 22.0. The molecular formula is C10H13N3O2. The SMILES string of the molecule is Cc1ccc(N)c(C(=O)NCC(N)=O)c1. The first-order chi connectivity index (χ1) is 7.00. The Hall–Kier alpha value is -2.04. The number of carbonyl (C=O) groups excluding carboxylic acids is 2. The number of primary amides is 1. The van der Waals surface area contributed by atoms with E-state index in [0.29, 0.717) is 11.3 Å². The van der Waals surface area contributed by atoms with Crippen molar-refractivity contribution in [2.45, 2.75) is 6.92 Å². The molecule has 0 atom stereocenters. The van der Waals surface area contributed by atoms with E-state index in [1.54, 1.807) is 18.2 Å². The highest BCUT2D eigenvalue weighted by atomic mass is 16.2. The maximum Gasteiger partial charge on any atom is 0.253 e. The van der Waals surface area contributed by atoms with Crippen LogP contribution in [0.2, 0.25) is 0 Å². The molecule has 15 heavy (non-hydrogen) atoms. The second-order valence-corrected chi connectivity index (χ2v) is 3.24. The van der Waals surface area contributed by atoms with Crippen LogP contribution in [0.15, 0.2) is 18.2 Å². The average molecular weight is 207 g/mol. The molecule has 1 rings (SSSR count). The second kappa shape index (κ2) is 4.45. The molecule has 0 radical (unpaired) electrons. The number of nitrogens with one attached hydrogen (secondary N) is 1. The van der Waals surface area contributed by atoms with Gasteiger partial charge < -0.3 is 16.8 Å². The van der Waals surface area contributed by atoms with Crippen LogP contribution in [0.1, 0.15) is 15.9 Å². The second-order valence-electron chi connectivity index (χ2n) is 3.24.